The summed E-state index contributed by atoms with van der Waals surface area (Å²) in [5.41, 5.74) is 3.10. The van der Waals surface area contributed by atoms with Crippen molar-refractivity contribution in [2.75, 3.05) is 31.1 Å². The van der Waals surface area contributed by atoms with Crippen LogP contribution in [0.2, 0.25) is 0 Å². The Bertz CT molecular complexity index is 2250. The summed E-state index contributed by atoms with van der Waals surface area (Å²) in [7, 11) is 0. The van der Waals surface area contributed by atoms with E-state index >= 15 is 8.78 Å². The molecule has 3 amide bonds. The smallest absolute Gasteiger partial charge is 0.255 e. The predicted octanol–water partition coefficient (Wildman–Crippen LogP) is 5.20. The second kappa shape index (κ2) is 14.1. The number of amides is 3. The lowest BCUT2D eigenvalue weighted by Gasteiger charge is -2.47. The van der Waals surface area contributed by atoms with Crippen molar-refractivity contribution in [3.05, 3.63) is 65.2 Å². The van der Waals surface area contributed by atoms with Crippen LogP contribution in [0.4, 0.5) is 14.6 Å². The third kappa shape index (κ3) is 6.81. The van der Waals surface area contributed by atoms with Gasteiger partial charge in [-0.3, -0.25) is 29.7 Å². The average molecular weight is 781 g/mol. The zero-order valence-electron chi connectivity index (χ0n) is 31.9. The van der Waals surface area contributed by atoms with Crippen LogP contribution in [0.25, 0.3) is 22.3 Å². The molecule has 0 bridgehead atoms. The van der Waals surface area contributed by atoms with Crippen molar-refractivity contribution in [3.63, 3.8) is 0 Å². The molecule has 2 N–H and O–H groups in total. The molecule has 10 rings (SSSR count). The van der Waals surface area contributed by atoms with E-state index in [0.29, 0.717) is 13.0 Å². The summed E-state index contributed by atoms with van der Waals surface area (Å²) in [4.78, 5) is 52.1. The minimum Gasteiger partial charge on any atom is -0.488 e. The summed E-state index contributed by atoms with van der Waals surface area (Å²) in [6.07, 6.45) is 7.02. The third-order valence-corrected chi connectivity index (χ3v) is 13.1. The minimum absolute atomic E-state index is 0.0688. The van der Waals surface area contributed by atoms with E-state index in [1.54, 1.807) is 12.4 Å². The van der Waals surface area contributed by atoms with Crippen LogP contribution >= 0.6 is 0 Å². The van der Waals surface area contributed by atoms with Gasteiger partial charge in [-0.25, -0.2) is 18.7 Å². The molecule has 57 heavy (non-hydrogen) atoms. The van der Waals surface area contributed by atoms with Crippen molar-refractivity contribution in [1.29, 1.82) is 0 Å². The van der Waals surface area contributed by atoms with Gasteiger partial charge in [0.25, 0.3) is 5.91 Å². The maximum absolute atomic E-state index is 16.0. The number of alkyl halides is 1. The Morgan fingerprint density at radius 2 is 1.77 bits per heavy atom. The van der Waals surface area contributed by atoms with Gasteiger partial charge in [0.15, 0.2) is 0 Å². The molecule has 2 aromatic carbocycles. The summed E-state index contributed by atoms with van der Waals surface area (Å²) in [6.45, 7) is 4.57. The fraction of sp³-hybridized carbons (Fsp3) is 0.524. The molecule has 1 unspecified atom stereocenters. The number of carbonyl (C=O) groups excluding carboxylic acids is 3. The van der Waals surface area contributed by atoms with Crippen LogP contribution < -0.4 is 15.0 Å². The van der Waals surface area contributed by atoms with Gasteiger partial charge < -0.3 is 19.3 Å². The van der Waals surface area contributed by atoms with Crippen LogP contribution in [0.15, 0.2) is 42.7 Å². The van der Waals surface area contributed by atoms with Gasteiger partial charge in [-0.05, 0) is 94.7 Å². The molecule has 3 saturated heterocycles. The van der Waals surface area contributed by atoms with Crippen molar-refractivity contribution in [2.24, 2.45) is 0 Å². The minimum atomic E-state index is -1.25. The first kappa shape index (κ1) is 36.3. The quantitative estimate of drug-likeness (QED) is 0.218. The first-order chi connectivity index (χ1) is 27.6. The number of nitrogens with zero attached hydrogens (tertiary/aromatic N) is 6. The molecular weight excluding hydrogens is 735 g/mol. The number of H-pyrrole nitrogens is 1. The number of carbonyl (C=O) groups is 3. The van der Waals surface area contributed by atoms with E-state index in [2.05, 4.69) is 42.2 Å². The lowest BCUT2D eigenvalue weighted by molar-refractivity contribution is -0.136. The Hall–Kier alpha value is -5.02. The van der Waals surface area contributed by atoms with Crippen molar-refractivity contribution in [3.8, 4) is 17.1 Å². The van der Waals surface area contributed by atoms with Crippen LogP contribution in [-0.2, 0) is 20.9 Å². The van der Waals surface area contributed by atoms with Gasteiger partial charge in [-0.2, -0.15) is 5.10 Å². The molecule has 0 radical (unpaired) electrons. The van der Waals surface area contributed by atoms with Crippen LogP contribution in [0.3, 0.4) is 0 Å². The number of hydrogen-bond donors (Lipinski definition) is 2. The molecule has 2 aliphatic carbocycles. The number of benzene rings is 2. The van der Waals surface area contributed by atoms with Gasteiger partial charge in [-0.1, -0.05) is 6.07 Å². The van der Waals surface area contributed by atoms with E-state index in [4.69, 9.17) is 9.47 Å². The highest BCUT2D eigenvalue weighted by molar-refractivity contribution is 6.05. The van der Waals surface area contributed by atoms with E-state index in [0.717, 1.165) is 85.5 Å². The number of hydrogen-bond acceptors (Lipinski definition) is 10. The molecule has 15 heteroatoms. The number of fused-ring (bicyclic) bond motifs is 2. The van der Waals surface area contributed by atoms with Gasteiger partial charge in [0.1, 0.15) is 41.5 Å². The SMILES string of the molecule is CC1(Oc2ccc3n[nH]c(-c4cc(N5CCC(O[C@H]6C[C@H](N7CC[C@@H](c8ccc9c(c8F)CN(C8CCC(=O)NC8=O)C9=O)[C@@H](F)C7)C6)CC5)ncn4)c3c2)CC1. The van der Waals surface area contributed by atoms with Gasteiger partial charge >= 0.3 is 0 Å². The van der Waals surface area contributed by atoms with Gasteiger partial charge in [0, 0.05) is 60.6 Å². The van der Waals surface area contributed by atoms with Crippen LogP contribution in [0.1, 0.15) is 92.1 Å². The standard InChI is InChI=1S/C42H46F2N8O5/c1-42(11-12-42)57-25-2-5-33-30(18-25)39(49-48-33)34-19-36(46-22-45-34)50-13-8-24(9-14-50)56-26-16-23(17-26)51-15-10-27(32(43)21-51)28-3-4-29-31(38(28)44)20-52(41(29)55)35-6-7-37(53)47-40(35)54/h2-5,18-19,22-24,26-27,32,35H,6-17,20-21H2,1H3,(H,48,49)(H,47,53,54)/t23-,26-,27-,32-,35?/m0/s1. The molecule has 2 saturated carbocycles. The van der Waals surface area contributed by atoms with Crippen molar-refractivity contribution < 1.29 is 32.6 Å². The fourth-order valence-corrected chi connectivity index (χ4v) is 9.43. The number of nitrogens with one attached hydrogen (secondary N) is 2. The lowest BCUT2D eigenvalue weighted by Crippen LogP contribution is -2.54. The number of likely N-dealkylation sites (tertiary alicyclic amines) is 1. The Morgan fingerprint density at radius 3 is 2.54 bits per heavy atom. The summed E-state index contributed by atoms with van der Waals surface area (Å²) in [5.74, 6) is -0.835. The van der Waals surface area contributed by atoms with Crippen molar-refractivity contribution in [1.82, 2.24) is 35.3 Å². The number of piperidine rings is 3. The Morgan fingerprint density at radius 1 is 0.947 bits per heavy atom. The van der Waals surface area contributed by atoms with Crippen LogP contribution in [0.5, 0.6) is 5.75 Å². The maximum Gasteiger partial charge on any atom is 0.255 e. The van der Waals surface area contributed by atoms with Crippen molar-refractivity contribution >= 4 is 34.4 Å². The number of ether oxygens (including phenoxy) is 2. The molecule has 5 fully saturated rings. The van der Waals surface area contributed by atoms with Gasteiger partial charge in [0.2, 0.25) is 11.8 Å². The van der Waals surface area contributed by atoms with E-state index in [9.17, 15) is 14.4 Å². The third-order valence-electron chi connectivity index (χ3n) is 13.1. The highest BCUT2D eigenvalue weighted by atomic mass is 19.1. The fourth-order valence-electron chi connectivity index (χ4n) is 9.43. The Labute approximate surface area is 328 Å². The van der Waals surface area contributed by atoms with Crippen LogP contribution in [-0.4, -0.2) is 110 Å². The van der Waals surface area contributed by atoms with Crippen molar-refractivity contribution in [2.45, 2.75) is 113 Å². The molecule has 3 atom stereocenters. The molecule has 6 aliphatic rings. The average Bonchev–Trinajstić information content (AvgIpc) is 3.60. The second-order valence-corrected chi connectivity index (χ2v) is 17.0. The van der Waals surface area contributed by atoms with Crippen LogP contribution in [0, 0.1) is 5.82 Å². The number of aromatic nitrogens is 4. The zero-order valence-corrected chi connectivity index (χ0v) is 31.9. The Balaban J connectivity index is 0.702. The maximum atomic E-state index is 16.0. The van der Waals surface area contributed by atoms with E-state index < -0.39 is 35.8 Å². The van der Waals surface area contributed by atoms with E-state index in [-0.39, 0.29) is 72.4 Å². The number of anilines is 1. The van der Waals surface area contributed by atoms with E-state index in [1.165, 1.54) is 11.0 Å². The number of imide groups is 1. The zero-order chi connectivity index (χ0) is 39.0. The Kier molecular flexibility index (Phi) is 9.00. The molecular formula is C42H46F2N8O5. The summed E-state index contributed by atoms with van der Waals surface area (Å²) >= 11 is 0. The molecule has 298 valence electrons. The topological polar surface area (TPSA) is 146 Å². The van der Waals surface area contributed by atoms with Gasteiger partial charge in [-0.15, -0.1) is 0 Å². The second-order valence-electron chi connectivity index (χ2n) is 17.0. The first-order valence-electron chi connectivity index (χ1n) is 20.3. The molecule has 0 spiro atoms. The lowest BCUT2D eigenvalue weighted by atomic mass is 9.82. The largest absolute Gasteiger partial charge is 0.488 e. The van der Waals surface area contributed by atoms with Gasteiger partial charge in [0.05, 0.1) is 35.7 Å². The summed E-state index contributed by atoms with van der Waals surface area (Å²) < 4.78 is 44.5. The number of rotatable bonds is 9. The number of aromatic amines is 1. The normalized spacial score (nSPS) is 27.7. The van der Waals surface area contributed by atoms with E-state index in [1.807, 2.05) is 24.3 Å². The monoisotopic (exact) mass is 780 g/mol. The molecule has 4 aromatic rings. The summed E-state index contributed by atoms with van der Waals surface area (Å²) in [5, 5.41) is 10.9. The number of halogens is 2. The molecule has 6 heterocycles. The predicted molar refractivity (Wildman–Crippen MR) is 205 cm³/mol. The highest BCUT2D eigenvalue weighted by Gasteiger charge is 2.44. The molecule has 4 aliphatic heterocycles. The summed E-state index contributed by atoms with van der Waals surface area (Å²) in [6, 6.07) is 10.5. The highest BCUT2D eigenvalue weighted by Crippen LogP contribution is 2.42. The molecule has 13 nitrogen and oxygen atoms in total. The first-order valence-corrected chi connectivity index (χ1v) is 20.3. The molecule has 2 aromatic heterocycles.